The molecule has 0 N–H and O–H groups in total. The van der Waals surface area contributed by atoms with Gasteiger partial charge in [-0.3, -0.25) is 0 Å². The van der Waals surface area contributed by atoms with E-state index in [1.807, 2.05) is 0 Å². The van der Waals surface area contributed by atoms with Gasteiger partial charge in [-0.25, -0.2) is 9.78 Å². The van der Waals surface area contributed by atoms with E-state index in [0.717, 1.165) is 25.7 Å². The second kappa shape index (κ2) is 13.5. The number of allylic oxidation sites excluding steroid dienone is 6. The molecule has 0 heterocycles. The van der Waals surface area contributed by atoms with Crippen LogP contribution in [0.25, 0.3) is 0 Å². The van der Waals surface area contributed by atoms with E-state index in [1.54, 1.807) is 0 Å². The Kier molecular flexibility index (Phi) is 12.8. The van der Waals surface area contributed by atoms with Crippen molar-refractivity contribution in [3.8, 4) is 0 Å². The Balaban J connectivity index is 3.71. The van der Waals surface area contributed by atoms with E-state index in [9.17, 15) is 0 Å². The number of hydrogen-bond donors (Lipinski definition) is 0. The van der Waals surface area contributed by atoms with Crippen molar-refractivity contribution < 1.29 is 9.78 Å². The molecule has 0 aromatic heterocycles. The molecule has 0 bridgehead atoms. The molecule has 2 heteroatoms. The van der Waals surface area contributed by atoms with Gasteiger partial charge in [0.05, 0.1) is 0 Å². The van der Waals surface area contributed by atoms with Crippen molar-refractivity contribution in [2.45, 2.75) is 67.2 Å². The first-order chi connectivity index (χ1) is 10.4. The molecule has 0 aromatic carbocycles. The normalized spacial score (nSPS) is 12.3. The summed E-state index contributed by atoms with van der Waals surface area (Å²) in [6.07, 6.45) is 13.1. The molecular formula is C20H34O2. The summed E-state index contributed by atoms with van der Waals surface area (Å²) in [5.41, 5.74) is 5.43. The predicted octanol–water partition coefficient (Wildman–Crippen LogP) is 6.32. The highest BCUT2D eigenvalue weighted by Gasteiger charge is 1.92. The lowest BCUT2D eigenvalue weighted by atomic mass is 10.1. The minimum Gasteiger partial charge on any atom is -0.232 e. The SMILES string of the molecule is CC(C)=CCCC(C)=CCOOCC=C(C)CCC=C(C)C. The fraction of sp³-hybridized carbons (Fsp3) is 0.600. The van der Waals surface area contributed by atoms with Crippen molar-refractivity contribution in [2.75, 3.05) is 13.2 Å². The van der Waals surface area contributed by atoms with Gasteiger partial charge >= 0.3 is 0 Å². The van der Waals surface area contributed by atoms with Gasteiger partial charge in [0.25, 0.3) is 0 Å². The molecule has 0 saturated heterocycles. The Bertz CT molecular complexity index is 363. The molecule has 0 unspecified atom stereocenters. The molecule has 0 atom stereocenters. The maximum absolute atomic E-state index is 5.18. The Morgan fingerprint density at radius 2 is 0.955 bits per heavy atom. The van der Waals surface area contributed by atoms with Crippen molar-refractivity contribution in [3.63, 3.8) is 0 Å². The van der Waals surface area contributed by atoms with Crippen LogP contribution in [-0.2, 0) is 9.78 Å². The highest BCUT2D eigenvalue weighted by Crippen LogP contribution is 2.07. The van der Waals surface area contributed by atoms with Crippen LogP contribution in [0.4, 0.5) is 0 Å². The van der Waals surface area contributed by atoms with E-state index in [4.69, 9.17) is 9.78 Å². The quantitative estimate of drug-likeness (QED) is 0.192. The van der Waals surface area contributed by atoms with Crippen LogP contribution in [0.15, 0.2) is 46.6 Å². The van der Waals surface area contributed by atoms with Gasteiger partial charge in [0, 0.05) is 0 Å². The zero-order valence-corrected chi connectivity index (χ0v) is 15.4. The van der Waals surface area contributed by atoms with E-state index in [0.29, 0.717) is 13.2 Å². The van der Waals surface area contributed by atoms with Gasteiger partial charge in [0.15, 0.2) is 0 Å². The highest BCUT2D eigenvalue weighted by molar-refractivity contribution is 5.03. The smallest absolute Gasteiger partial charge is 0.101 e. The number of hydrogen-bond acceptors (Lipinski definition) is 2. The topological polar surface area (TPSA) is 18.5 Å². The van der Waals surface area contributed by atoms with Gasteiger partial charge in [-0.2, -0.15) is 0 Å². The predicted molar refractivity (Wildman–Crippen MR) is 96.7 cm³/mol. The van der Waals surface area contributed by atoms with Crippen LogP contribution in [0.3, 0.4) is 0 Å². The standard InChI is InChI=1S/C20H34O2/c1-17(2)9-7-11-19(5)13-15-21-22-16-14-20(6)12-8-10-18(3)4/h9-10,13-14H,7-8,11-12,15-16H2,1-6H3. The van der Waals surface area contributed by atoms with Crippen molar-refractivity contribution in [1.29, 1.82) is 0 Å². The zero-order chi connectivity index (χ0) is 16.8. The van der Waals surface area contributed by atoms with Gasteiger partial charge in [-0.05, 0) is 67.2 Å². The second-order valence-corrected chi connectivity index (χ2v) is 6.31. The monoisotopic (exact) mass is 306 g/mol. The summed E-state index contributed by atoms with van der Waals surface area (Å²) in [7, 11) is 0. The van der Waals surface area contributed by atoms with E-state index >= 15 is 0 Å². The molecule has 0 fully saturated rings. The van der Waals surface area contributed by atoms with E-state index in [-0.39, 0.29) is 0 Å². The van der Waals surface area contributed by atoms with E-state index in [2.05, 4.69) is 65.8 Å². The summed E-state index contributed by atoms with van der Waals surface area (Å²) in [6.45, 7) is 13.8. The largest absolute Gasteiger partial charge is 0.232 e. The van der Waals surface area contributed by atoms with Crippen LogP contribution in [0.5, 0.6) is 0 Å². The van der Waals surface area contributed by atoms with Gasteiger partial charge < -0.3 is 0 Å². The molecule has 0 saturated carbocycles. The molecule has 0 aromatic rings. The molecule has 0 rings (SSSR count). The maximum atomic E-state index is 5.18. The average Bonchev–Trinajstić information content (AvgIpc) is 2.41. The molecule has 0 aliphatic carbocycles. The van der Waals surface area contributed by atoms with Gasteiger partial charge in [0.1, 0.15) is 13.2 Å². The minimum atomic E-state index is 0.519. The fourth-order valence-electron chi connectivity index (χ4n) is 1.83. The van der Waals surface area contributed by atoms with Crippen LogP contribution in [0.1, 0.15) is 67.2 Å². The lowest BCUT2D eigenvalue weighted by Gasteiger charge is -2.02. The number of rotatable bonds is 11. The van der Waals surface area contributed by atoms with Crippen LogP contribution in [-0.4, -0.2) is 13.2 Å². The van der Waals surface area contributed by atoms with Crippen molar-refractivity contribution >= 4 is 0 Å². The van der Waals surface area contributed by atoms with E-state index in [1.165, 1.54) is 22.3 Å². The summed E-state index contributed by atoms with van der Waals surface area (Å²) < 4.78 is 0. The van der Waals surface area contributed by atoms with Crippen LogP contribution >= 0.6 is 0 Å². The van der Waals surface area contributed by atoms with Gasteiger partial charge in [-0.15, -0.1) is 0 Å². The summed E-state index contributed by atoms with van der Waals surface area (Å²) in [6, 6.07) is 0. The Morgan fingerprint density at radius 3 is 1.27 bits per heavy atom. The zero-order valence-electron chi connectivity index (χ0n) is 15.4. The van der Waals surface area contributed by atoms with Crippen LogP contribution in [0, 0.1) is 0 Å². The maximum Gasteiger partial charge on any atom is 0.101 e. The Morgan fingerprint density at radius 1 is 0.591 bits per heavy atom. The lowest BCUT2D eigenvalue weighted by Crippen LogP contribution is -1.96. The first kappa shape index (κ1) is 20.9. The first-order valence-electron chi connectivity index (χ1n) is 8.24. The molecule has 126 valence electrons. The third-order valence-corrected chi connectivity index (χ3v) is 3.27. The summed E-state index contributed by atoms with van der Waals surface area (Å²) in [4.78, 5) is 10.4. The molecular weight excluding hydrogens is 272 g/mol. The highest BCUT2D eigenvalue weighted by atomic mass is 17.2. The van der Waals surface area contributed by atoms with Crippen molar-refractivity contribution in [3.05, 3.63) is 46.6 Å². The average molecular weight is 306 g/mol. The van der Waals surface area contributed by atoms with Crippen LogP contribution < -0.4 is 0 Å². The Hall–Kier alpha value is -1.12. The van der Waals surface area contributed by atoms with Gasteiger partial charge in [0.2, 0.25) is 0 Å². The second-order valence-electron chi connectivity index (χ2n) is 6.31. The van der Waals surface area contributed by atoms with Crippen molar-refractivity contribution in [2.24, 2.45) is 0 Å². The van der Waals surface area contributed by atoms with E-state index < -0.39 is 0 Å². The third kappa shape index (κ3) is 15.3. The molecule has 0 spiro atoms. The van der Waals surface area contributed by atoms with Crippen molar-refractivity contribution in [1.82, 2.24) is 0 Å². The molecule has 0 amide bonds. The summed E-state index contributed by atoms with van der Waals surface area (Å²) >= 11 is 0. The molecule has 0 aliphatic heterocycles. The Labute approximate surface area is 137 Å². The molecule has 2 nitrogen and oxygen atoms in total. The molecule has 22 heavy (non-hydrogen) atoms. The summed E-state index contributed by atoms with van der Waals surface area (Å²) in [5.74, 6) is 0. The third-order valence-electron chi connectivity index (χ3n) is 3.27. The van der Waals surface area contributed by atoms with Gasteiger partial charge in [-0.1, -0.05) is 46.6 Å². The molecule has 0 aliphatic rings. The summed E-state index contributed by atoms with van der Waals surface area (Å²) in [5, 5.41) is 0. The minimum absolute atomic E-state index is 0.519. The molecule has 0 radical (unpaired) electrons. The lowest BCUT2D eigenvalue weighted by molar-refractivity contribution is -0.277. The fourth-order valence-corrected chi connectivity index (χ4v) is 1.83. The van der Waals surface area contributed by atoms with Crippen LogP contribution in [0.2, 0.25) is 0 Å². The first-order valence-corrected chi connectivity index (χ1v) is 8.24.